The highest BCUT2D eigenvalue weighted by Crippen LogP contribution is 2.26. The molecule has 0 spiro atoms. The molecule has 1 aromatic carbocycles. The standard InChI is InChI=1S/C14H16ClN3O2S/c1-3-21(19,20)8-7-18-12-6-4-5-11(9-16)13(12)17-14(18)10(2)15/h4-6,10H,3,7-8H2,1-2H3. The second-order valence-corrected chi connectivity index (χ2v) is 7.89. The maximum atomic E-state index is 11.7. The Bertz CT molecular complexity index is 803. The summed E-state index contributed by atoms with van der Waals surface area (Å²) in [6.45, 7) is 3.69. The third-order valence-corrected chi connectivity index (χ3v) is 5.23. The Labute approximate surface area is 129 Å². The number of hydrogen-bond donors (Lipinski definition) is 0. The van der Waals surface area contributed by atoms with E-state index in [1.165, 1.54) is 0 Å². The number of alkyl halides is 1. The number of fused-ring (bicyclic) bond motifs is 1. The second-order valence-electron chi connectivity index (χ2n) is 4.76. The van der Waals surface area contributed by atoms with Crippen LogP contribution in [0.25, 0.3) is 11.0 Å². The summed E-state index contributed by atoms with van der Waals surface area (Å²) in [4.78, 5) is 4.42. The van der Waals surface area contributed by atoms with E-state index in [9.17, 15) is 8.42 Å². The van der Waals surface area contributed by atoms with E-state index in [-0.39, 0.29) is 23.4 Å². The number of rotatable bonds is 5. The first-order valence-electron chi connectivity index (χ1n) is 6.63. The van der Waals surface area contributed by atoms with Gasteiger partial charge < -0.3 is 4.57 Å². The summed E-state index contributed by atoms with van der Waals surface area (Å²) < 4.78 is 25.2. The van der Waals surface area contributed by atoms with E-state index < -0.39 is 9.84 Å². The van der Waals surface area contributed by atoms with Gasteiger partial charge in [0.15, 0.2) is 9.84 Å². The zero-order chi connectivity index (χ0) is 15.6. The molecule has 0 aliphatic rings. The summed E-state index contributed by atoms with van der Waals surface area (Å²) >= 11 is 6.14. The lowest BCUT2D eigenvalue weighted by Crippen LogP contribution is -2.16. The van der Waals surface area contributed by atoms with Gasteiger partial charge in [-0.2, -0.15) is 5.26 Å². The molecule has 0 N–H and O–H groups in total. The molecule has 0 aliphatic heterocycles. The van der Waals surface area contributed by atoms with Crippen LogP contribution in [-0.4, -0.2) is 29.5 Å². The van der Waals surface area contributed by atoms with Crippen molar-refractivity contribution in [3.05, 3.63) is 29.6 Å². The predicted octanol–water partition coefficient (Wildman–Crippen LogP) is 2.64. The minimum atomic E-state index is -3.08. The van der Waals surface area contributed by atoms with Crippen molar-refractivity contribution in [2.24, 2.45) is 0 Å². The Balaban J connectivity index is 2.55. The molecule has 2 rings (SSSR count). The Morgan fingerprint density at radius 3 is 2.76 bits per heavy atom. The molecule has 0 fully saturated rings. The summed E-state index contributed by atoms with van der Waals surface area (Å²) in [5.41, 5.74) is 1.77. The van der Waals surface area contributed by atoms with Crippen LogP contribution >= 0.6 is 11.6 Å². The van der Waals surface area contributed by atoms with Crippen LogP contribution in [-0.2, 0) is 16.4 Å². The van der Waals surface area contributed by atoms with Gasteiger partial charge in [0, 0.05) is 12.3 Å². The molecule has 0 amide bonds. The van der Waals surface area contributed by atoms with Crippen molar-refractivity contribution in [3.63, 3.8) is 0 Å². The van der Waals surface area contributed by atoms with Gasteiger partial charge in [-0.05, 0) is 19.1 Å². The fraction of sp³-hybridized carbons (Fsp3) is 0.429. The molecular weight excluding hydrogens is 310 g/mol. The average Bonchev–Trinajstić information content (AvgIpc) is 2.84. The predicted molar refractivity (Wildman–Crippen MR) is 83.0 cm³/mol. The minimum absolute atomic E-state index is 0.0301. The van der Waals surface area contributed by atoms with Crippen LogP contribution in [0.1, 0.15) is 30.6 Å². The molecule has 0 saturated carbocycles. The molecular formula is C14H16ClN3O2S. The van der Waals surface area contributed by atoms with E-state index in [4.69, 9.17) is 16.9 Å². The molecule has 0 saturated heterocycles. The largest absolute Gasteiger partial charge is 0.326 e. The van der Waals surface area contributed by atoms with Crippen molar-refractivity contribution in [1.29, 1.82) is 5.26 Å². The molecule has 1 heterocycles. The van der Waals surface area contributed by atoms with Gasteiger partial charge in [0.25, 0.3) is 0 Å². The van der Waals surface area contributed by atoms with Crippen molar-refractivity contribution in [3.8, 4) is 6.07 Å². The Morgan fingerprint density at radius 1 is 1.48 bits per heavy atom. The van der Waals surface area contributed by atoms with Crippen LogP contribution in [0.2, 0.25) is 0 Å². The van der Waals surface area contributed by atoms with E-state index in [0.29, 0.717) is 16.9 Å². The Kier molecular flexibility index (Phi) is 4.55. The van der Waals surface area contributed by atoms with E-state index in [2.05, 4.69) is 11.1 Å². The lowest BCUT2D eigenvalue weighted by atomic mass is 10.2. The number of benzene rings is 1. The highest BCUT2D eigenvalue weighted by Gasteiger charge is 2.18. The maximum Gasteiger partial charge on any atom is 0.151 e. The molecule has 0 aliphatic carbocycles. The molecule has 0 bridgehead atoms. The summed E-state index contributed by atoms with van der Waals surface area (Å²) in [6.07, 6.45) is 0. The highest BCUT2D eigenvalue weighted by atomic mass is 35.5. The van der Waals surface area contributed by atoms with Crippen LogP contribution in [0.3, 0.4) is 0 Å². The number of imidazole rings is 1. The van der Waals surface area contributed by atoms with Crippen LogP contribution < -0.4 is 0 Å². The number of para-hydroxylation sites is 1. The number of aryl methyl sites for hydroxylation is 1. The average molecular weight is 326 g/mol. The van der Waals surface area contributed by atoms with Crippen molar-refractivity contribution in [2.45, 2.75) is 25.8 Å². The van der Waals surface area contributed by atoms with Gasteiger partial charge in [-0.3, -0.25) is 0 Å². The van der Waals surface area contributed by atoms with E-state index in [1.807, 2.05) is 6.07 Å². The first-order chi connectivity index (χ1) is 9.89. The lowest BCUT2D eigenvalue weighted by molar-refractivity contribution is 0.589. The zero-order valence-electron chi connectivity index (χ0n) is 11.9. The normalized spacial score (nSPS) is 13.2. The van der Waals surface area contributed by atoms with E-state index in [1.54, 1.807) is 30.5 Å². The number of sulfone groups is 1. The summed E-state index contributed by atoms with van der Waals surface area (Å²) in [5.74, 6) is 0.720. The van der Waals surface area contributed by atoms with Crippen LogP contribution in [0, 0.1) is 11.3 Å². The number of nitrogens with zero attached hydrogens (tertiary/aromatic N) is 3. The molecule has 21 heavy (non-hydrogen) atoms. The van der Waals surface area contributed by atoms with Gasteiger partial charge in [-0.15, -0.1) is 11.6 Å². The molecule has 1 aromatic heterocycles. The molecule has 7 heteroatoms. The third-order valence-electron chi connectivity index (χ3n) is 3.35. The summed E-state index contributed by atoms with van der Waals surface area (Å²) in [6, 6.07) is 7.37. The van der Waals surface area contributed by atoms with Crippen molar-refractivity contribution in [2.75, 3.05) is 11.5 Å². The van der Waals surface area contributed by atoms with Crippen molar-refractivity contribution >= 4 is 32.5 Å². The van der Waals surface area contributed by atoms with Crippen LogP contribution in [0.5, 0.6) is 0 Å². The lowest BCUT2D eigenvalue weighted by Gasteiger charge is -2.10. The number of aromatic nitrogens is 2. The molecule has 1 unspecified atom stereocenters. The van der Waals surface area contributed by atoms with E-state index in [0.717, 1.165) is 5.52 Å². The number of halogens is 1. The molecule has 2 aromatic rings. The molecule has 1 atom stereocenters. The SMILES string of the molecule is CCS(=O)(=O)CCn1c(C(C)Cl)nc2c(C#N)cccc21. The monoisotopic (exact) mass is 325 g/mol. The third kappa shape index (κ3) is 3.20. The topological polar surface area (TPSA) is 75.8 Å². The van der Waals surface area contributed by atoms with Crippen LogP contribution in [0.4, 0.5) is 0 Å². The number of nitriles is 1. The Morgan fingerprint density at radius 2 is 2.19 bits per heavy atom. The number of hydrogen-bond acceptors (Lipinski definition) is 4. The molecule has 5 nitrogen and oxygen atoms in total. The molecule has 112 valence electrons. The van der Waals surface area contributed by atoms with Crippen molar-refractivity contribution in [1.82, 2.24) is 9.55 Å². The van der Waals surface area contributed by atoms with Gasteiger partial charge in [0.1, 0.15) is 17.4 Å². The quantitative estimate of drug-likeness (QED) is 0.792. The fourth-order valence-electron chi connectivity index (χ4n) is 2.17. The first kappa shape index (κ1) is 15.8. The maximum absolute atomic E-state index is 11.7. The zero-order valence-corrected chi connectivity index (χ0v) is 13.4. The first-order valence-corrected chi connectivity index (χ1v) is 8.89. The molecule has 0 radical (unpaired) electrons. The Hall–Kier alpha value is -1.58. The van der Waals surface area contributed by atoms with Gasteiger partial charge in [0.05, 0.1) is 22.2 Å². The van der Waals surface area contributed by atoms with Gasteiger partial charge >= 0.3 is 0 Å². The summed E-state index contributed by atoms with van der Waals surface area (Å²) in [5, 5.41) is 8.78. The van der Waals surface area contributed by atoms with Crippen LogP contribution in [0.15, 0.2) is 18.2 Å². The van der Waals surface area contributed by atoms with Gasteiger partial charge in [-0.25, -0.2) is 13.4 Å². The smallest absolute Gasteiger partial charge is 0.151 e. The fourth-order valence-corrected chi connectivity index (χ4v) is 3.08. The minimum Gasteiger partial charge on any atom is -0.326 e. The summed E-state index contributed by atoms with van der Waals surface area (Å²) in [7, 11) is -3.08. The van der Waals surface area contributed by atoms with Crippen molar-refractivity contribution < 1.29 is 8.42 Å². The van der Waals surface area contributed by atoms with Gasteiger partial charge in [-0.1, -0.05) is 13.0 Å². The second kappa shape index (κ2) is 6.04. The highest BCUT2D eigenvalue weighted by molar-refractivity contribution is 7.91. The van der Waals surface area contributed by atoms with Gasteiger partial charge in [0.2, 0.25) is 0 Å². The van der Waals surface area contributed by atoms with E-state index >= 15 is 0 Å².